The van der Waals surface area contributed by atoms with Crippen molar-refractivity contribution >= 4 is 29.8 Å². The van der Waals surface area contributed by atoms with Gasteiger partial charge in [-0.15, -0.1) is 0 Å². The molecule has 8 nitrogen and oxygen atoms in total. The first kappa shape index (κ1) is 21.9. The summed E-state index contributed by atoms with van der Waals surface area (Å²) in [7, 11) is 0. The van der Waals surface area contributed by atoms with Gasteiger partial charge in [0.1, 0.15) is 5.70 Å². The van der Waals surface area contributed by atoms with Gasteiger partial charge >= 0.3 is 5.97 Å². The maximum absolute atomic E-state index is 12.3. The van der Waals surface area contributed by atoms with Crippen LogP contribution in [0.2, 0.25) is 0 Å². The van der Waals surface area contributed by atoms with Crippen LogP contribution in [-0.4, -0.2) is 54.8 Å². The summed E-state index contributed by atoms with van der Waals surface area (Å²) in [4.78, 5) is 48.7. The van der Waals surface area contributed by atoms with E-state index in [2.05, 4.69) is 10.6 Å². The van der Waals surface area contributed by atoms with Gasteiger partial charge in [-0.2, -0.15) is 0 Å². The maximum Gasteiger partial charge on any atom is 0.355 e. The SMILES string of the molecule is CCNC(=O)CN(CC)C(=O)COC(=O)/C(=C/c1ccccc1)NC(C)=O. The van der Waals surface area contributed by atoms with E-state index in [1.807, 2.05) is 6.07 Å². The first-order valence-electron chi connectivity index (χ1n) is 8.63. The number of likely N-dealkylation sites (N-methyl/N-ethyl adjacent to an activating group) is 2. The van der Waals surface area contributed by atoms with E-state index in [1.54, 1.807) is 38.1 Å². The third kappa shape index (κ3) is 8.17. The number of amides is 3. The number of nitrogens with zero attached hydrogens (tertiary/aromatic N) is 1. The van der Waals surface area contributed by atoms with Gasteiger partial charge in [0, 0.05) is 20.0 Å². The van der Waals surface area contributed by atoms with E-state index < -0.39 is 24.4 Å². The molecule has 0 saturated heterocycles. The van der Waals surface area contributed by atoms with Crippen molar-refractivity contribution in [3.63, 3.8) is 0 Å². The van der Waals surface area contributed by atoms with Crippen molar-refractivity contribution in [1.29, 1.82) is 0 Å². The molecule has 0 atom stereocenters. The molecule has 0 heterocycles. The normalized spacial score (nSPS) is 10.7. The Morgan fingerprint density at radius 1 is 1.11 bits per heavy atom. The molecule has 146 valence electrons. The Morgan fingerprint density at radius 3 is 2.33 bits per heavy atom. The predicted octanol–water partition coefficient (Wildman–Crippen LogP) is 0.691. The lowest BCUT2D eigenvalue weighted by molar-refractivity contribution is -0.150. The topological polar surface area (TPSA) is 105 Å². The summed E-state index contributed by atoms with van der Waals surface area (Å²) >= 11 is 0. The summed E-state index contributed by atoms with van der Waals surface area (Å²) in [6.45, 7) is 4.88. The molecule has 0 saturated carbocycles. The van der Waals surface area contributed by atoms with Crippen LogP contribution in [0.15, 0.2) is 36.0 Å². The van der Waals surface area contributed by atoms with Crippen molar-refractivity contribution in [2.45, 2.75) is 20.8 Å². The number of ether oxygens (including phenoxy) is 1. The molecule has 0 aliphatic rings. The van der Waals surface area contributed by atoms with Crippen LogP contribution in [0.4, 0.5) is 0 Å². The number of rotatable bonds is 9. The molecular formula is C19H25N3O5. The lowest BCUT2D eigenvalue weighted by Gasteiger charge is -2.20. The third-order valence-electron chi connectivity index (χ3n) is 3.41. The molecule has 0 unspecified atom stereocenters. The Hall–Kier alpha value is -3.16. The second-order valence-electron chi connectivity index (χ2n) is 5.59. The number of hydrogen-bond acceptors (Lipinski definition) is 5. The van der Waals surface area contributed by atoms with Crippen molar-refractivity contribution in [1.82, 2.24) is 15.5 Å². The van der Waals surface area contributed by atoms with Crippen LogP contribution in [0, 0.1) is 0 Å². The molecule has 27 heavy (non-hydrogen) atoms. The first-order valence-corrected chi connectivity index (χ1v) is 8.63. The highest BCUT2D eigenvalue weighted by atomic mass is 16.5. The predicted molar refractivity (Wildman–Crippen MR) is 100 cm³/mol. The molecule has 3 amide bonds. The zero-order valence-corrected chi connectivity index (χ0v) is 15.8. The van der Waals surface area contributed by atoms with E-state index >= 15 is 0 Å². The van der Waals surface area contributed by atoms with Gasteiger partial charge in [-0.1, -0.05) is 30.3 Å². The van der Waals surface area contributed by atoms with E-state index in [9.17, 15) is 19.2 Å². The molecule has 0 fully saturated rings. The number of hydrogen-bond donors (Lipinski definition) is 2. The van der Waals surface area contributed by atoms with Gasteiger partial charge in [-0.25, -0.2) is 4.79 Å². The molecule has 0 radical (unpaired) electrons. The van der Waals surface area contributed by atoms with Crippen LogP contribution in [-0.2, 0) is 23.9 Å². The molecule has 1 rings (SSSR count). The number of carbonyl (C=O) groups is 4. The Kier molecular flexibility index (Phi) is 9.28. The van der Waals surface area contributed by atoms with Crippen molar-refractivity contribution in [2.24, 2.45) is 0 Å². The number of esters is 1. The molecule has 1 aromatic rings. The third-order valence-corrected chi connectivity index (χ3v) is 3.41. The minimum atomic E-state index is -0.837. The van der Waals surface area contributed by atoms with Gasteiger partial charge < -0.3 is 20.3 Å². The smallest absolute Gasteiger partial charge is 0.355 e. The van der Waals surface area contributed by atoms with Crippen LogP contribution < -0.4 is 10.6 Å². The fourth-order valence-corrected chi connectivity index (χ4v) is 2.15. The fourth-order valence-electron chi connectivity index (χ4n) is 2.15. The molecule has 1 aromatic carbocycles. The molecule has 2 N–H and O–H groups in total. The van der Waals surface area contributed by atoms with E-state index in [0.717, 1.165) is 0 Å². The summed E-state index contributed by atoms with van der Waals surface area (Å²) in [6.07, 6.45) is 1.46. The van der Waals surface area contributed by atoms with Crippen LogP contribution in [0.25, 0.3) is 6.08 Å². The Morgan fingerprint density at radius 2 is 1.78 bits per heavy atom. The minimum Gasteiger partial charge on any atom is -0.451 e. The number of benzene rings is 1. The van der Waals surface area contributed by atoms with Gasteiger partial charge in [0.2, 0.25) is 11.8 Å². The summed E-state index contributed by atoms with van der Waals surface area (Å²) in [5.41, 5.74) is 0.615. The maximum atomic E-state index is 12.3. The molecule has 0 aromatic heterocycles. The van der Waals surface area contributed by atoms with E-state index in [0.29, 0.717) is 18.7 Å². The van der Waals surface area contributed by atoms with Gasteiger partial charge in [0.15, 0.2) is 6.61 Å². The Bertz CT molecular complexity index is 701. The molecule has 0 bridgehead atoms. The Balaban J connectivity index is 2.75. The van der Waals surface area contributed by atoms with Gasteiger partial charge in [0.25, 0.3) is 5.91 Å². The van der Waals surface area contributed by atoms with Crippen LogP contribution in [0.1, 0.15) is 26.3 Å². The van der Waals surface area contributed by atoms with Crippen molar-refractivity contribution in [3.8, 4) is 0 Å². The van der Waals surface area contributed by atoms with Gasteiger partial charge in [-0.3, -0.25) is 14.4 Å². The quantitative estimate of drug-likeness (QED) is 0.488. The van der Waals surface area contributed by atoms with Crippen molar-refractivity contribution in [2.75, 3.05) is 26.2 Å². The zero-order valence-electron chi connectivity index (χ0n) is 15.8. The van der Waals surface area contributed by atoms with Crippen molar-refractivity contribution < 1.29 is 23.9 Å². The molecule has 0 aliphatic carbocycles. The number of carbonyl (C=O) groups excluding carboxylic acids is 4. The fraction of sp³-hybridized carbons (Fsp3) is 0.368. The second-order valence-corrected chi connectivity index (χ2v) is 5.59. The first-order chi connectivity index (χ1) is 12.9. The average Bonchev–Trinajstić information content (AvgIpc) is 2.64. The van der Waals surface area contributed by atoms with Gasteiger partial charge in [0.05, 0.1) is 6.54 Å². The van der Waals surface area contributed by atoms with E-state index in [1.165, 1.54) is 17.9 Å². The molecule has 8 heteroatoms. The molecular weight excluding hydrogens is 350 g/mol. The Labute approximate surface area is 158 Å². The van der Waals surface area contributed by atoms with Gasteiger partial charge in [-0.05, 0) is 25.5 Å². The minimum absolute atomic E-state index is 0.0757. The summed E-state index contributed by atoms with van der Waals surface area (Å²) in [5.74, 6) is -2.07. The lowest BCUT2D eigenvalue weighted by atomic mass is 10.2. The average molecular weight is 375 g/mol. The monoisotopic (exact) mass is 375 g/mol. The summed E-state index contributed by atoms with van der Waals surface area (Å²) in [5, 5.41) is 5.00. The van der Waals surface area contributed by atoms with Crippen molar-refractivity contribution in [3.05, 3.63) is 41.6 Å². The molecule has 0 aliphatic heterocycles. The highest BCUT2D eigenvalue weighted by molar-refractivity contribution is 5.98. The van der Waals surface area contributed by atoms with Crippen LogP contribution in [0.5, 0.6) is 0 Å². The highest BCUT2D eigenvalue weighted by Crippen LogP contribution is 2.06. The largest absolute Gasteiger partial charge is 0.451 e. The zero-order chi connectivity index (χ0) is 20.2. The van der Waals surface area contributed by atoms with Crippen LogP contribution in [0.3, 0.4) is 0 Å². The number of nitrogens with one attached hydrogen (secondary N) is 2. The highest BCUT2D eigenvalue weighted by Gasteiger charge is 2.19. The second kappa shape index (κ2) is 11.5. The van der Waals surface area contributed by atoms with E-state index in [-0.39, 0.29) is 18.1 Å². The lowest BCUT2D eigenvalue weighted by Crippen LogP contribution is -2.42. The summed E-state index contributed by atoms with van der Waals surface area (Å²) < 4.78 is 5.02. The standard InChI is InChI=1S/C19H25N3O5/c1-4-20-17(24)12-22(5-2)18(25)13-27-19(26)16(21-14(3)23)11-15-9-7-6-8-10-15/h6-11H,4-5,12-13H2,1-3H3,(H,20,24)(H,21,23)/b16-11-. The summed E-state index contributed by atoms with van der Waals surface area (Å²) in [6, 6.07) is 8.90. The van der Waals surface area contributed by atoms with E-state index in [4.69, 9.17) is 4.74 Å². The molecule has 0 spiro atoms. The van der Waals surface area contributed by atoms with Crippen LogP contribution >= 0.6 is 0 Å².